The normalized spacial score (nSPS) is 12.3. The van der Waals surface area contributed by atoms with Crippen molar-refractivity contribution in [2.75, 3.05) is 40.0 Å². The Balaban J connectivity index is 0.00000484. The van der Waals surface area contributed by atoms with Crippen LogP contribution in [-0.2, 0) is 4.74 Å². The molecule has 0 aromatic heterocycles. The Morgan fingerprint density at radius 3 is 2.48 bits per heavy atom. The molecule has 7 heteroatoms. The van der Waals surface area contributed by atoms with Crippen LogP contribution in [0.25, 0.3) is 0 Å². The minimum absolute atomic E-state index is 0. The molecule has 0 saturated heterocycles. The first kappa shape index (κ1) is 21.9. The van der Waals surface area contributed by atoms with Gasteiger partial charge in [-0.25, -0.2) is 0 Å². The summed E-state index contributed by atoms with van der Waals surface area (Å²) in [6.45, 7) is 7.02. The van der Waals surface area contributed by atoms with Gasteiger partial charge in [0.15, 0.2) is 5.96 Å². The van der Waals surface area contributed by atoms with Gasteiger partial charge in [-0.2, -0.15) is 0 Å². The molecule has 3 N–H and O–H groups in total. The molecule has 23 heavy (non-hydrogen) atoms. The molecule has 0 aliphatic rings. The van der Waals surface area contributed by atoms with Crippen LogP contribution in [0, 0.1) is 0 Å². The van der Waals surface area contributed by atoms with Crippen molar-refractivity contribution in [3.8, 4) is 5.75 Å². The molecule has 1 rings (SSSR count). The fourth-order valence-electron chi connectivity index (χ4n) is 1.84. The average Bonchev–Trinajstić information content (AvgIpc) is 2.56. The van der Waals surface area contributed by atoms with Crippen molar-refractivity contribution in [1.82, 2.24) is 10.6 Å². The van der Waals surface area contributed by atoms with E-state index in [4.69, 9.17) is 9.47 Å². The number of aliphatic hydroxyl groups excluding tert-OH is 1. The zero-order chi connectivity index (χ0) is 16.2. The Kier molecular flexibility index (Phi) is 12.8. The largest absolute Gasteiger partial charge is 0.497 e. The fraction of sp³-hybridized carbons (Fsp3) is 0.562. The van der Waals surface area contributed by atoms with Gasteiger partial charge in [0.2, 0.25) is 0 Å². The molecule has 132 valence electrons. The number of methoxy groups -OCH3 is 1. The topological polar surface area (TPSA) is 75.1 Å². The first-order valence-electron chi connectivity index (χ1n) is 7.63. The summed E-state index contributed by atoms with van der Waals surface area (Å²) in [5.41, 5.74) is 0.815. The second kappa shape index (κ2) is 13.4. The summed E-state index contributed by atoms with van der Waals surface area (Å²) in [4.78, 5) is 4.39. The lowest BCUT2D eigenvalue weighted by Gasteiger charge is -2.13. The van der Waals surface area contributed by atoms with Crippen LogP contribution < -0.4 is 15.4 Å². The zero-order valence-corrected chi connectivity index (χ0v) is 16.4. The molecule has 0 aliphatic carbocycles. The van der Waals surface area contributed by atoms with Crippen LogP contribution in [0.15, 0.2) is 29.3 Å². The maximum absolute atomic E-state index is 10.2. The van der Waals surface area contributed by atoms with Gasteiger partial charge < -0.3 is 25.2 Å². The fourth-order valence-corrected chi connectivity index (χ4v) is 1.84. The van der Waals surface area contributed by atoms with Crippen molar-refractivity contribution in [3.05, 3.63) is 29.8 Å². The number of hydrogen-bond acceptors (Lipinski definition) is 4. The molecule has 0 amide bonds. The molecule has 0 heterocycles. The summed E-state index contributed by atoms with van der Waals surface area (Å²) >= 11 is 0. The predicted octanol–water partition coefficient (Wildman–Crippen LogP) is 1.94. The van der Waals surface area contributed by atoms with Gasteiger partial charge >= 0.3 is 0 Å². The number of rotatable bonds is 9. The molecule has 0 aliphatic heterocycles. The van der Waals surface area contributed by atoms with Crippen molar-refractivity contribution >= 4 is 29.9 Å². The number of aliphatic imine (C=N–C) groups is 1. The maximum atomic E-state index is 10.2. The van der Waals surface area contributed by atoms with E-state index in [1.54, 1.807) is 7.11 Å². The molecule has 1 aromatic carbocycles. The average molecular weight is 437 g/mol. The Morgan fingerprint density at radius 1 is 1.22 bits per heavy atom. The lowest BCUT2D eigenvalue weighted by atomic mass is 10.1. The predicted molar refractivity (Wildman–Crippen MR) is 104 cm³/mol. The molecule has 0 bridgehead atoms. The lowest BCUT2D eigenvalue weighted by Crippen LogP contribution is -2.39. The molecule has 0 fully saturated rings. The third-order valence-corrected chi connectivity index (χ3v) is 3.01. The van der Waals surface area contributed by atoms with E-state index >= 15 is 0 Å². The second-order valence-electron chi connectivity index (χ2n) is 4.63. The molecular weight excluding hydrogens is 409 g/mol. The highest BCUT2D eigenvalue weighted by Crippen LogP contribution is 2.17. The van der Waals surface area contributed by atoms with E-state index < -0.39 is 6.10 Å². The van der Waals surface area contributed by atoms with Crippen LogP contribution in [0.3, 0.4) is 0 Å². The minimum Gasteiger partial charge on any atom is -0.497 e. The number of nitrogens with zero attached hydrogens (tertiary/aromatic N) is 1. The quantitative estimate of drug-likeness (QED) is 0.238. The van der Waals surface area contributed by atoms with Crippen LogP contribution in [0.5, 0.6) is 5.75 Å². The van der Waals surface area contributed by atoms with E-state index in [-0.39, 0.29) is 30.5 Å². The third-order valence-electron chi connectivity index (χ3n) is 3.01. The van der Waals surface area contributed by atoms with Crippen LogP contribution in [0.1, 0.15) is 25.5 Å². The van der Waals surface area contributed by atoms with E-state index in [1.165, 1.54) is 0 Å². The lowest BCUT2D eigenvalue weighted by molar-refractivity contribution is 0.152. The van der Waals surface area contributed by atoms with E-state index in [9.17, 15) is 5.11 Å². The van der Waals surface area contributed by atoms with E-state index in [2.05, 4.69) is 15.6 Å². The highest BCUT2D eigenvalue weighted by molar-refractivity contribution is 14.0. The first-order valence-corrected chi connectivity index (χ1v) is 7.63. The van der Waals surface area contributed by atoms with Gasteiger partial charge in [-0.15, -0.1) is 24.0 Å². The number of ether oxygens (including phenoxy) is 2. The van der Waals surface area contributed by atoms with Crippen LogP contribution in [0.4, 0.5) is 0 Å². The van der Waals surface area contributed by atoms with Gasteiger partial charge in [0, 0.05) is 19.7 Å². The van der Waals surface area contributed by atoms with Crippen molar-refractivity contribution in [3.63, 3.8) is 0 Å². The van der Waals surface area contributed by atoms with Crippen molar-refractivity contribution in [1.29, 1.82) is 0 Å². The SMILES string of the molecule is CCNC(=NCC(O)c1ccc(OC)cc1)NCCOCC.I. The Morgan fingerprint density at radius 2 is 1.91 bits per heavy atom. The highest BCUT2D eigenvalue weighted by atomic mass is 127. The summed E-state index contributed by atoms with van der Waals surface area (Å²) in [6, 6.07) is 7.34. The van der Waals surface area contributed by atoms with Crippen molar-refractivity contribution in [2.45, 2.75) is 20.0 Å². The van der Waals surface area contributed by atoms with Gasteiger partial charge in [0.25, 0.3) is 0 Å². The molecule has 0 saturated carbocycles. The monoisotopic (exact) mass is 437 g/mol. The van der Waals surface area contributed by atoms with E-state index in [1.807, 2.05) is 38.1 Å². The first-order chi connectivity index (χ1) is 10.7. The third kappa shape index (κ3) is 8.97. The number of hydrogen-bond donors (Lipinski definition) is 3. The Hall–Kier alpha value is -1.06. The van der Waals surface area contributed by atoms with Crippen LogP contribution in [-0.4, -0.2) is 51.0 Å². The zero-order valence-electron chi connectivity index (χ0n) is 14.0. The molecule has 1 atom stereocenters. The van der Waals surface area contributed by atoms with Gasteiger partial charge in [-0.05, 0) is 31.5 Å². The molecule has 0 radical (unpaired) electrons. The summed E-state index contributed by atoms with van der Waals surface area (Å²) in [5.74, 6) is 1.44. The molecule has 1 aromatic rings. The number of nitrogens with one attached hydrogen (secondary N) is 2. The highest BCUT2D eigenvalue weighted by Gasteiger charge is 2.07. The smallest absolute Gasteiger partial charge is 0.191 e. The van der Waals surface area contributed by atoms with Crippen LogP contribution in [0.2, 0.25) is 0 Å². The molecule has 1 unspecified atom stereocenters. The van der Waals surface area contributed by atoms with E-state index in [0.717, 1.165) is 17.9 Å². The maximum Gasteiger partial charge on any atom is 0.191 e. The number of halogens is 1. The van der Waals surface area contributed by atoms with Gasteiger partial charge in [0.05, 0.1) is 26.4 Å². The van der Waals surface area contributed by atoms with Crippen LogP contribution >= 0.6 is 24.0 Å². The minimum atomic E-state index is -0.645. The second-order valence-corrected chi connectivity index (χ2v) is 4.63. The standard InChI is InChI=1S/C16H27N3O3.HI/c1-4-17-16(18-10-11-22-5-2)19-12-15(20)13-6-8-14(21-3)9-7-13;/h6-9,15,20H,4-5,10-12H2,1-3H3,(H2,17,18,19);1H. The Bertz CT molecular complexity index is 441. The van der Waals surface area contributed by atoms with Crippen molar-refractivity contribution in [2.24, 2.45) is 4.99 Å². The van der Waals surface area contributed by atoms with E-state index in [0.29, 0.717) is 25.7 Å². The molecular formula is C16H28IN3O3. The number of aliphatic hydroxyl groups is 1. The molecule has 6 nitrogen and oxygen atoms in total. The number of benzene rings is 1. The van der Waals surface area contributed by atoms with Gasteiger partial charge in [0.1, 0.15) is 5.75 Å². The Labute approximate surface area is 155 Å². The number of guanidine groups is 1. The summed E-state index contributed by atoms with van der Waals surface area (Å²) in [5, 5.41) is 16.5. The molecule has 0 spiro atoms. The summed E-state index contributed by atoms with van der Waals surface area (Å²) in [6.07, 6.45) is -0.645. The summed E-state index contributed by atoms with van der Waals surface area (Å²) < 4.78 is 10.4. The summed E-state index contributed by atoms with van der Waals surface area (Å²) in [7, 11) is 1.62. The van der Waals surface area contributed by atoms with Gasteiger partial charge in [-0.1, -0.05) is 12.1 Å². The van der Waals surface area contributed by atoms with Gasteiger partial charge in [-0.3, -0.25) is 4.99 Å². The van der Waals surface area contributed by atoms with Crippen molar-refractivity contribution < 1.29 is 14.6 Å².